The fourth-order valence-electron chi connectivity index (χ4n) is 2.76. The molecule has 0 bridgehead atoms. The van der Waals surface area contributed by atoms with Crippen LogP contribution in [0.2, 0.25) is 0 Å². The van der Waals surface area contributed by atoms with Crippen LogP contribution in [-0.4, -0.2) is 44.8 Å². The second kappa shape index (κ2) is 6.41. The number of hydrogen-bond donors (Lipinski definition) is 1. The highest BCUT2D eigenvalue weighted by Gasteiger charge is 2.42. The number of thioether (sulfide) groups is 1. The van der Waals surface area contributed by atoms with Crippen molar-refractivity contribution in [3.05, 3.63) is 0 Å². The van der Waals surface area contributed by atoms with Crippen molar-refractivity contribution in [2.45, 2.75) is 56.2 Å². The smallest absolute Gasteiger partial charge is 0.304 e. The van der Waals surface area contributed by atoms with E-state index >= 15 is 0 Å². The third-order valence-corrected chi connectivity index (χ3v) is 4.93. The Morgan fingerprint density at radius 2 is 1.95 bits per heavy atom. The highest BCUT2D eigenvalue weighted by molar-refractivity contribution is 8.00. The number of hydrogen-bond acceptors (Lipinski definition) is 4. The lowest BCUT2D eigenvalue weighted by molar-refractivity contribution is -0.142. The molecule has 1 N–H and O–H groups in total. The Morgan fingerprint density at radius 1 is 1.26 bits per heavy atom. The summed E-state index contributed by atoms with van der Waals surface area (Å²) in [5.41, 5.74) is 0. The SMILES string of the molecule is O=C(O)CCSC1CC(=O)N(C2CCCCC2)C1=O. The van der Waals surface area contributed by atoms with Crippen molar-refractivity contribution in [2.75, 3.05) is 5.75 Å². The number of imide groups is 1. The maximum atomic E-state index is 12.2. The van der Waals surface area contributed by atoms with Crippen LogP contribution in [0.1, 0.15) is 44.9 Å². The van der Waals surface area contributed by atoms with Gasteiger partial charge in [-0.15, -0.1) is 11.8 Å². The molecular formula is C13H19NO4S. The van der Waals surface area contributed by atoms with Crippen molar-refractivity contribution in [1.29, 1.82) is 0 Å². The first kappa shape index (κ1) is 14.4. The number of likely N-dealkylation sites (tertiary alicyclic amines) is 1. The molecule has 0 radical (unpaired) electrons. The minimum atomic E-state index is -0.867. The molecule has 0 aromatic rings. The van der Waals surface area contributed by atoms with Crippen LogP contribution in [-0.2, 0) is 14.4 Å². The van der Waals surface area contributed by atoms with Crippen LogP contribution < -0.4 is 0 Å². The van der Waals surface area contributed by atoms with Gasteiger partial charge in [0, 0.05) is 18.2 Å². The van der Waals surface area contributed by atoms with Gasteiger partial charge in [0.25, 0.3) is 0 Å². The van der Waals surface area contributed by atoms with Gasteiger partial charge in [0.2, 0.25) is 11.8 Å². The summed E-state index contributed by atoms with van der Waals surface area (Å²) in [6, 6.07) is 0.0822. The zero-order chi connectivity index (χ0) is 13.8. The van der Waals surface area contributed by atoms with Crippen molar-refractivity contribution >= 4 is 29.5 Å². The predicted molar refractivity (Wildman–Crippen MR) is 71.8 cm³/mol. The lowest BCUT2D eigenvalue weighted by Crippen LogP contribution is -2.41. The van der Waals surface area contributed by atoms with E-state index in [0.717, 1.165) is 25.7 Å². The lowest BCUT2D eigenvalue weighted by Gasteiger charge is -2.29. The summed E-state index contributed by atoms with van der Waals surface area (Å²) < 4.78 is 0. The average molecular weight is 285 g/mol. The number of carbonyl (C=O) groups excluding carboxylic acids is 2. The Bertz CT molecular complexity index is 379. The number of carboxylic acids is 1. The maximum absolute atomic E-state index is 12.2. The molecule has 1 heterocycles. The van der Waals surface area contributed by atoms with Gasteiger partial charge in [0.05, 0.1) is 11.7 Å². The number of amides is 2. The van der Waals surface area contributed by atoms with Crippen LogP contribution in [0, 0.1) is 0 Å². The third kappa shape index (κ3) is 3.49. The van der Waals surface area contributed by atoms with Crippen LogP contribution in [0.25, 0.3) is 0 Å². The first-order valence-corrected chi connectivity index (χ1v) is 7.84. The zero-order valence-electron chi connectivity index (χ0n) is 10.8. The quantitative estimate of drug-likeness (QED) is 0.777. The van der Waals surface area contributed by atoms with Gasteiger partial charge in [-0.1, -0.05) is 19.3 Å². The van der Waals surface area contributed by atoms with Gasteiger partial charge in [-0.05, 0) is 12.8 Å². The Morgan fingerprint density at radius 3 is 2.58 bits per heavy atom. The molecule has 2 amide bonds. The van der Waals surface area contributed by atoms with Crippen LogP contribution >= 0.6 is 11.8 Å². The van der Waals surface area contributed by atoms with Gasteiger partial charge >= 0.3 is 5.97 Å². The Kier molecular flexibility index (Phi) is 4.85. The highest BCUT2D eigenvalue weighted by Crippen LogP contribution is 2.31. The molecule has 1 aliphatic carbocycles. The molecule has 1 aliphatic heterocycles. The molecule has 0 aromatic heterocycles. The van der Waals surface area contributed by atoms with Crippen molar-refractivity contribution in [3.63, 3.8) is 0 Å². The number of carboxylic acid groups (broad SMARTS) is 1. The van der Waals surface area contributed by atoms with Crippen molar-refractivity contribution in [2.24, 2.45) is 0 Å². The second-order valence-corrected chi connectivity index (χ2v) is 6.41. The Hall–Kier alpha value is -1.04. The monoisotopic (exact) mass is 285 g/mol. The topological polar surface area (TPSA) is 74.7 Å². The largest absolute Gasteiger partial charge is 0.481 e. The molecule has 0 spiro atoms. The maximum Gasteiger partial charge on any atom is 0.304 e. The molecule has 106 valence electrons. The zero-order valence-corrected chi connectivity index (χ0v) is 11.7. The van der Waals surface area contributed by atoms with E-state index in [1.54, 1.807) is 0 Å². The van der Waals surface area contributed by atoms with Gasteiger partial charge in [-0.3, -0.25) is 19.3 Å². The van der Waals surface area contributed by atoms with Crippen molar-refractivity contribution in [3.8, 4) is 0 Å². The number of aliphatic carboxylic acids is 1. The molecule has 6 heteroatoms. The van der Waals surface area contributed by atoms with E-state index in [2.05, 4.69) is 0 Å². The highest BCUT2D eigenvalue weighted by atomic mass is 32.2. The Labute approximate surface area is 116 Å². The molecule has 19 heavy (non-hydrogen) atoms. The van der Waals surface area contributed by atoms with Crippen LogP contribution in [0.15, 0.2) is 0 Å². The molecule has 1 saturated carbocycles. The summed E-state index contributed by atoms with van der Waals surface area (Å²) in [7, 11) is 0. The number of nitrogens with zero attached hydrogens (tertiary/aromatic N) is 1. The van der Waals surface area contributed by atoms with E-state index in [0.29, 0.717) is 5.75 Å². The van der Waals surface area contributed by atoms with Gasteiger partial charge in [-0.2, -0.15) is 0 Å². The Balaban J connectivity index is 1.90. The fraction of sp³-hybridized carbons (Fsp3) is 0.769. The van der Waals surface area contributed by atoms with Crippen LogP contribution in [0.5, 0.6) is 0 Å². The summed E-state index contributed by atoms with van der Waals surface area (Å²) in [5, 5.41) is 8.22. The lowest BCUT2D eigenvalue weighted by atomic mass is 9.94. The molecule has 5 nitrogen and oxygen atoms in total. The molecule has 2 rings (SSSR count). The van der Waals surface area contributed by atoms with E-state index in [1.807, 2.05) is 0 Å². The molecule has 1 saturated heterocycles. The minimum Gasteiger partial charge on any atom is -0.481 e. The molecule has 1 atom stereocenters. The third-order valence-electron chi connectivity index (χ3n) is 3.72. The van der Waals surface area contributed by atoms with Gasteiger partial charge in [0.1, 0.15) is 0 Å². The fourth-order valence-corrected chi connectivity index (χ4v) is 3.86. The van der Waals surface area contributed by atoms with Crippen molar-refractivity contribution < 1.29 is 19.5 Å². The standard InChI is InChI=1S/C13H19NO4S/c15-11-8-10(19-7-6-12(16)17)13(18)14(11)9-4-2-1-3-5-9/h9-10H,1-8H2,(H,16,17). The summed E-state index contributed by atoms with van der Waals surface area (Å²) in [4.78, 5) is 36.1. The minimum absolute atomic E-state index is 0.0338. The van der Waals surface area contributed by atoms with E-state index in [-0.39, 0.29) is 35.9 Å². The molecule has 0 aromatic carbocycles. The average Bonchev–Trinajstić information content (AvgIpc) is 2.65. The van der Waals surface area contributed by atoms with E-state index < -0.39 is 5.97 Å². The van der Waals surface area contributed by atoms with Gasteiger partial charge in [-0.25, -0.2) is 0 Å². The molecule has 2 fully saturated rings. The summed E-state index contributed by atoms with van der Waals surface area (Å²) in [6.45, 7) is 0. The first-order valence-electron chi connectivity index (χ1n) is 6.79. The molecule has 1 unspecified atom stereocenters. The van der Waals surface area contributed by atoms with E-state index in [1.165, 1.54) is 23.1 Å². The number of carbonyl (C=O) groups is 3. The molecular weight excluding hydrogens is 266 g/mol. The van der Waals surface area contributed by atoms with Crippen molar-refractivity contribution in [1.82, 2.24) is 4.90 Å². The number of rotatable bonds is 5. The summed E-state index contributed by atoms with van der Waals surface area (Å²) in [5.74, 6) is -0.664. The van der Waals surface area contributed by atoms with Gasteiger partial charge in [0.15, 0.2) is 0 Å². The van der Waals surface area contributed by atoms with E-state index in [4.69, 9.17) is 5.11 Å². The van der Waals surface area contributed by atoms with E-state index in [9.17, 15) is 14.4 Å². The second-order valence-electron chi connectivity index (χ2n) is 5.10. The van der Waals surface area contributed by atoms with Gasteiger partial charge < -0.3 is 5.11 Å². The first-order chi connectivity index (χ1) is 9.09. The summed E-state index contributed by atoms with van der Waals surface area (Å²) in [6.07, 6.45) is 5.46. The normalized spacial score (nSPS) is 25.1. The summed E-state index contributed by atoms with van der Waals surface area (Å²) >= 11 is 1.30. The predicted octanol–water partition coefficient (Wildman–Crippen LogP) is 1.65. The van der Waals surface area contributed by atoms with Crippen LogP contribution in [0.4, 0.5) is 0 Å². The van der Waals surface area contributed by atoms with Crippen LogP contribution in [0.3, 0.4) is 0 Å². The molecule has 2 aliphatic rings.